The SMILES string of the molecule is CC(C)N(CCOCCc1ccc2sccc2c1)C(C)C. The number of ether oxygens (including phenoxy) is 1. The highest BCUT2D eigenvalue weighted by Crippen LogP contribution is 2.21. The van der Waals surface area contributed by atoms with Crippen LogP contribution in [0.2, 0.25) is 0 Å². The Morgan fingerprint density at radius 3 is 2.52 bits per heavy atom. The van der Waals surface area contributed by atoms with Crippen LogP contribution >= 0.6 is 11.3 Å². The molecule has 0 amide bonds. The minimum Gasteiger partial charge on any atom is -0.380 e. The van der Waals surface area contributed by atoms with Gasteiger partial charge in [-0.15, -0.1) is 11.3 Å². The Hall–Kier alpha value is -0.900. The van der Waals surface area contributed by atoms with E-state index in [1.54, 1.807) is 11.3 Å². The molecule has 0 aliphatic heterocycles. The first-order chi connectivity index (χ1) is 10.1. The molecule has 0 saturated heterocycles. The first kappa shape index (κ1) is 16.5. The van der Waals surface area contributed by atoms with E-state index in [-0.39, 0.29) is 0 Å². The van der Waals surface area contributed by atoms with Gasteiger partial charge in [-0.05, 0) is 62.6 Å². The standard InChI is InChI=1S/C18H27NOS/c1-14(2)19(15(3)4)9-11-20-10-7-16-5-6-18-17(13-16)8-12-21-18/h5-6,8,12-15H,7,9-11H2,1-4H3. The van der Waals surface area contributed by atoms with Crippen LogP contribution in [0.4, 0.5) is 0 Å². The minimum absolute atomic E-state index is 0.578. The van der Waals surface area contributed by atoms with Crippen molar-refractivity contribution >= 4 is 21.4 Å². The molecule has 0 N–H and O–H groups in total. The predicted octanol–water partition coefficient (Wildman–Crippen LogP) is 4.58. The summed E-state index contributed by atoms with van der Waals surface area (Å²) in [5.74, 6) is 0. The van der Waals surface area contributed by atoms with E-state index >= 15 is 0 Å². The van der Waals surface area contributed by atoms with Gasteiger partial charge < -0.3 is 4.74 Å². The number of benzene rings is 1. The number of nitrogens with zero attached hydrogens (tertiary/aromatic N) is 1. The Balaban J connectivity index is 1.72. The van der Waals surface area contributed by atoms with Crippen LogP contribution in [0.25, 0.3) is 10.1 Å². The molecule has 0 fully saturated rings. The van der Waals surface area contributed by atoms with Crippen molar-refractivity contribution in [1.82, 2.24) is 4.90 Å². The summed E-state index contributed by atoms with van der Waals surface area (Å²) in [6.07, 6.45) is 0.995. The van der Waals surface area contributed by atoms with Crippen LogP contribution in [-0.2, 0) is 11.2 Å². The number of thiophene rings is 1. The normalized spacial score (nSPS) is 12.1. The average Bonchev–Trinajstić information content (AvgIpc) is 2.89. The molecule has 2 nitrogen and oxygen atoms in total. The van der Waals surface area contributed by atoms with Crippen LogP contribution in [0.5, 0.6) is 0 Å². The molecule has 1 aromatic carbocycles. The van der Waals surface area contributed by atoms with Gasteiger partial charge in [0, 0.05) is 23.3 Å². The van der Waals surface area contributed by atoms with Crippen LogP contribution in [0.15, 0.2) is 29.6 Å². The monoisotopic (exact) mass is 305 g/mol. The summed E-state index contributed by atoms with van der Waals surface area (Å²) in [5, 5.41) is 3.50. The number of hydrogen-bond acceptors (Lipinski definition) is 3. The Morgan fingerprint density at radius 1 is 1.05 bits per heavy atom. The summed E-state index contributed by atoms with van der Waals surface area (Å²) in [6, 6.07) is 10.1. The van der Waals surface area contributed by atoms with E-state index in [2.05, 4.69) is 62.2 Å². The molecular formula is C18H27NOS. The quantitative estimate of drug-likeness (QED) is 0.662. The summed E-state index contributed by atoms with van der Waals surface area (Å²) in [4.78, 5) is 2.47. The van der Waals surface area contributed by atoms with E-state index in [0.717, 1.165) is 26.2 Å². The first-order valence-electron chi connectivity index (χ1n) is 7.87. The van der Waals surface area contributed by atoms with Crippen molar-refractivity contribution in [3.05, 3.63) is 35.2 Å². The van der Waals surface area contributed by atoms with Gasteiger partial charge in [-0.1, -0.05) is 12.1 Å². The molecule has 0 spiro atoms. The summed E-state index contributed by atoms with van der Waals surface area (Å²) >= 11 is 1.80. The molecule has 2 rings (SSSR count). The molecular weight excluding hydrogens is 278 g/mol. The molecule has 1 heterocycles. The summed E-state index contributed by atoms with van der Waals surface area (Å²) in [7, 11) is 0. The lowest BCUT2D eigenvalue weighted by Crippen LogP contribution is -2.39. The van der Waals surface area contributed by atoms with Crippen LogP contribution in [0.1, 0.15) is 33.3 Å². The van der Waals surface area contributed by atoms with E-state index in [9.17, 15) is 0 Å². The van der Waals surface area contributed by atoms with Crippen molar-refractivity contribution < 1.29 is 4.74 Å². The van der Waals surface area contributed by atoms with Crippen LogP contribution in [0.3, 0.4) is 0 Å². The van der Waals surface area contributed by atoms with Crippen molar-refractivity contribution in [2.45, 2.75) is 46.2 Å². The number of fused-ring (bicyclic) bond motifs is 1. The predicted molar refractivity (Wildman–Crippen MR) is 93.3 cm³/mol. The van der Waals surface area contributed by atoms with Gasteiger partial charge in [-0.2, -0.15) is 0 Å². The molecule has 0 atom stereocenters. The van der Waals surface area contributed by atoms with Gasteiger partial charge in [-0.25, -0.2) is 0 Å². The maximum Gasteiger partial charge on any atom is 0.0593 e. The van der Waals surface area contributed by atoms with Crippen LogP contribution in [-0.4, -0.2) is 36.7 Å². The van der Waals surface area contributed by atoms with Crippen molar-refractivity contribution in [3.8, 4) is 0 Å². The summed E-state index contributed by atoms with van der Waals surface area (Å²) in [5.41, 5.74) is 1.37. The third-order valence-corrected chi connectivity index (χ3v) is 4.77. The smallest absolute Gasteiger partial charge is 0.0593 e. The Bertz CT molecular complexity index is 539. The number of hydrogen-bond donors (Lipinski definition) is 0. The topological polar surface area (TPSA) is 12.5 Å². The van der Waals surface area contributed by atoms with Gasteiger partial charge in [0.15, 0.2) is 0 Å². The highest BCUT2D eigenvalue weighted by molar-refractivity contribution is 7.17. The van der Waals surface area contributed by atoms with E-state index < -0.39 is 0 Å². The van der Waals surface area contributed by atoms with Gasteiger partial charge in [0.2, 0.25) is 0 Å². The highest BCUT2D eigenvalue weighted by atomic mass is 32.1. The van der Waals surface area contributed by atoms with Gasteiger partial charge in [0.05, 0.1) is 13.2 Å². The second kappa shape index (κ2) is 7.92. The zero-order valence-corrected chi connectivity index (χ0v) is 14.5. The number of rotatable bonds is 8. The lowest BCUT2D eigenvalue weighted by Gasteiger charge is -2.30. The molecule has 0 unspecified atom stereocenters. The average molecular weight is 305 g/mol. The molecule has 0 aliphatic rings. The Labute approximate surface area is 132 Å². The largest absolute Gasteiger partial charge is 0.380 e. The molecule has 21 heavy (non-hydrogen) atoms. The van der Waals surface area contributed by atoms with E-state index in [0.29, 0.717) is 12.1 Å². The van der Waals surface area contributed by atoms with Crippen LogP contribution < -0.4 is 0 Å². The summed E-state index contributed by atoms with van der Waals surface area (Å²) in [6.45, 7) is 11.6. The molecule has 116 valence electrons. The van der Waals surface area contributed by atoms with Gasteiger partial charge in [-0.3, -0.25) is 4.90 Å². The first-order valence-corrected chi connectivity index (χ1v) is 8.75. The molecule has 1 aromatic heterocycles. The van der Waals surface area contributed by atoms with E-state index in [4.69, 9.17) is 4.74 Å². The Morgan fingerprint density at radius 2 is 1.81 bits per heavy atom. The molecule has 0 bridgehead atoms. The lowest BCUT2D eigenvalue weighted by atomic mass is 10.1. The highest BCUT2D eigenvalue weighted by Gasteiger charge is 2.12. The molecule has 0 saturated carbocycles. The zero-order chi connectivity index (χ0) is 15.2. The zero-order valence-electron chi connectivity index (χ0n) is 13.6. The van der Waals surface area contributed by atoms with Crippen molar-refractivity contribution in [1.29, 1.82) is 0 Å². The minimum atomic E-state index is 0.578. The molecule has 0 radical (unpaired) electrons. The van der Waals surface area contributed by atoms with Crippen molar-refractivity contribution in [3.63, 3.8) is 0 Å². The second-order valence-corrected chi connectivity index (χ2v) is 7.03. The fourth-order valence-corrected chi connectivity index (χ4v) is 3.52. The maximum absolute atomic E-state index is 5.82. The third-order valence-electron chi connectivity index (χ3n) is 3.87. The Kier molecular flexibility index (Phi) is 6.22. The second-order valence-electron chi connectivity index (χ2n) is 6.08. The van der Waals surface area contributed by atoms with Gasteiger partial charge in [0.1, 0.15) is 0 Å². The third kappa shape index (κ3) is 4.80. The molecule has 0 aliphatic carbocycles. The van der Waals surface area contributed by atoms with Crippen molar-refractivity contribution in [2.24, 2.45) is 0 Å². The van der Waals surface area contributed by atoms with E-state index in [1.165, 1.54) is 15.6 Å². The lowest BCUT2D eigenvalue weighted by molar-refractivity contribution is 0.0800. The summed E-state index contributed by atoms with van der Waals surface area (Å²) < 4.78 is 7.19. The van der Waals surface area contributed by atoms with Gasteiger partial charge in [0.25, 0.3) is 0 Å². The van der Waals surface area contributed by atoms with Crippen LogP contribution in [0, 0.1) is 0 Å². The van der Waals surface area contributed by atoms with Crippen molar-refractivity contribution in [2.75, 3.05) is 19.8 Å². The fraction of sp³-hybridized carbons (Fsp3) is 0.556. The van der Waals surface area contributed by atoms with E-state index in [1.807, 2.05) is 0 Å². The molecule has 3 heteroatoms. The fourth-order valence-electron chi connectivity index (χ4n) is 2.75. The maximum atomic E-state index is 5.82. The molecule has 2 aromatic rings. The van der Waals surface area contributed by atoms with Gasteiger partial charge >= 0.3 is 0 Å².